The Morgan fingerprint density at radius 3 is 2.62 bits per heavy atom. The number of unbranched alkanes of at least 4 members (excludes halogenated alkanes) is 1. The summed E-state index contributed by atoms with van der Waals surface area (Å²) in [6.07, 6.45) is 3.77. The number of hydrogen-bond donors (Lipinski definition) is 1. The van der Waals surface area contributed by atoms with E-state index in [4.69, 9.17) is 5.11 Å². The van der Waals surface area contributed by atoms with Gasteiger partial charge in [-0.3, -0.25) is 9.59 Å². The van der Waals surface area contributed by atoms with Gasteiger partial charge in [0.1, 0.15) is 0 Å². The summed E-state index contributed by atoms with van der Waals surface area (Å²) in [4.78, 5) is 24.9. The molecule has 1 aromatic heterocycles. The summed E-state index contributed by atoms with van der Waals surface area (Å²) < 4.78 is 1.43. The van der Waals surface area contributed by atoms with Crippen molar-refractivity contribution >= 4 is 11.7 Å². The third-order valence-electron chi connectivity index (χ3n) is 3.77. The molecule has 0 aliphatic rings. The molecule has 0 radical (unpaired) electrons. The van der Waals surface area contributed by atoms with Crippen molar-refractivity contribution in [1.29, 1.82) is 0 Å². The Hall–Kier alpha value is -1.85. The molecule has 6 nitrogen and oxygen atoms in total. The zero-order chi connectivity index (χ0) is 16.0. The monoisotopic (exact) mass is 295 g/mol. The molecule has 0 atom stereocenters. The molecule has 0 aliphatic heterocycles. The second-order valence-electron chi connectivity index (χ2n) is 5.94. The molecule has 118 valence electrons. The molecule has 0 unspecified atom stereocenters. The van der Waals surface area contributed by atoms with Gasteiger partial charge in [0.2, 0.25) is 0 Å². The largest absolute Gasteiger partial charge is 0.481 e. The fourth-order valence-electron chi connectivity index (χ4n) is 1.92. The highest BCUT2D eigenvalue weighted by Gasteiger charge is 2.25. The molecular weight excluding hydrogens is 270 g/mol. The van der Waals surface area contributed by atoms with Gasteiger partial charge < -0.3 is 10.0 Å². The smallest absolute Gasteiger partial charge is 0.309 e. The van der Waals surface area contributed by atoms with Crippen molar-refractivity contribution in [2.24, 2.45) is 5.41 Å². The number of carboxylic acids is 1. The molecule has 1 rings (SSSR count). The first-order valence-corrected chi connectivity index (χ1v) is 7.29. The minimum atomic E-state index is -0.787. The number of rotatable bonds is 8. The lowest BCUT2D eigenvalue weighted by Gasteiger charge is -2.18. The van der Waals surface area contributed by atoms with Crippen LogP contribution in [0.4, 0.5) is 5.69 Å². The topological polar surface area (TPSA) is 75.4 Å². The molecule has 0 fully saturated rings. The summed E-state index contributed by atoms with van der Waals surface area (Å²) in [5.74, 6) is -0.787. The van der Waals surface area contributed by atoms with E-state index in [0.717, 1.165) is 25.1 Å². The Balaban J connectivity index is 2.54. The number of nitrogens with zero attached hydrogens (tertiary/aromatic N) is 3. The lowest BCUT2D eigenvalue weighted by Crippen LogP contribution is -2.26. The molecule has 0 aromatic carbocycles. The van der Waals surface area contributed by atoms with Crippen LogP contribution in [-0.4, -0.2) is 34.4 Å². The van der Waals surface area contributed by atoms with Gasteiger partial charge in [0.25, 0.3) is 5.56 Å². The van der Waals surface area contributed by atoms with Gasteiger partial charge >= 0.3 is 5.97 Å². The Kier molecular flexibility index (Phi) is 5.93. The zero-order valence-corrected chi connectivity index (χ0v) is 13.3. The van der Waals surface area contributed by atoms with Gasteiger partial charge in [0.15, 0.2) is 0 Å². The van der Waals surface area contributed by atoms with Crippen LogP contribution in [0.25, 0.3) is 0 Å². The summed E-state index contributed by atoms with van der Waals surface area (Å²) in [5.41, 5.74) is -0.0254. The number of hydrogen-bond acceptors (Lipinski definition) is 4. The van der Waals surface area contributed by atoms with E-state index < -0.39 is 11.4 Å². The van der Waals surface area contributed by atoms with Gasteiger partial charge in [-0.1, -0.05) is 6.42 Å². The third kappa shape index (κ3) is 4.88. The molecule has 0 aliphatic carbocycles. The normalized spacial score (nSPS) is 11.4. The van der Waals surface area contributed by atoms with Crippen LogP contribution in [0, 0.1) is 5.41 Å². The molecule has 6 heteroatoms. The van der Waals surface area contributed by atoms with Crippen LogP contribution in [0.1, 0.15) is 40.0 Å². The maximum atomic E-state index is 11.9. The minimum absolute atomic E-state index is 0.120. The Morgan fingerprint density at radius 2 is 2.10 bits per heavy atom. The van der Waals surface area contributed by atoms with E-state index >= 15 is 0 Å². The Labute approximate surface area is 125 Å². The predicted octanol–water partition coefficient (Wildman–Crippen LogP) is 1.98. The van der Waals surface area contributed by atoms with E-state index in [0.29, 0.717) is 13.0 Å². The number of anilines is 1. The van der Waals surface area contributed by atoms with Gasteiger partial charge in [-0.2, -0.15) is 5.10 Å². The fraction of sp³-hybridized carbons (Fsp3) is 0.667. The fourth-order valence-corrected chi connectivity index (χ4v) is 1.92. The van der Waals surface area contributed by atoms with Gasteiger partial charge in [-0.25, -0.2) is 4.68 Å². The van der Waals surface area contributed by atoms with Crippen LogP contribution in [-0.2, 0) is 11.3 Å². The Bertz CT molecular complexity index is 537. The van der Waals surface area contributed by atoms with Gasteiger partial charge in [0.05, 0.1) is 17.3 Å². The van der Waals surface area contributed by atoms with E-state index in [1.807, 2.05) is 18.9 Å². The minimum Gasteiger partial charge on any atom is -0.481 e. The van der Waals surface area contributed by atoms with Crippen molar-refractivity contribution in [3.63, 3.8) is 0 Å². The second kappa shape index (κ2) is 7.24. The molecule has 0 saturated heterocycles. The summed E-state index contributed by atoms with van der Waals surface area (Å²) in [6.45, 7) is 6.78. The average molecular weight is 295 g/mol. The summed E-state index contributed by atoms with van der Waals surface area (Å²) in [5, 5.41) is 13.2. The molecule has 0 amide bonds. The van der Waals surface area contributed by atoms with Crippen molar-refractivity contribution in [3.05, 3.63) is 22.6 Å². The van der Waals surface area contributed by atoms with Crippen molar-refractivity contribution < 1.29 is 9.90 Å². The van der Waals surface area contributed by atoms with Crippen LogP contribution in [0.5, 0.6) is 0 Å². The van der Waals surface area contributed by atoms with E-state index in [9.17, 15) is 9.59 Å². The maximum Gasteiger partial charge on any atom is 0.309 e. The molecule has 0 bridgehead atoms. The lowest BCUT2D eigenvalue weighted by molar-refractivity contribution is -0.147. The predicted molar refractivity (Wildman–Crippen MR) is 82.7 cm³/mol. The lowest BCUT2D eigenvalue weighted by atomic mass is 9.87. The van der Waals surface area contributed by atoms with E-state index in [1.165, 1.54) is 4.68 Å². The maximum absolute atomic E-state index is 11.9. The number of aryl methyl sites for hydroxylation is 1. The highest BCUT2D eigenvalue weighted by Crippen LogP contribution is 2.23. The summed E-state index contributed by atoms with van der Waals surface area (Å²) in [7, 11) is 1.91. The molecule has 21 heavy (non-hydrogen) atoms. The summed E-state index contributed by atoms with van der Waals surface area (Å²) >= 11 is 0. The number of carbonyl (C=O) groups is 1. The molecule has 1 aromatic rings. The van der Waals surface area contributed by atoms with Crippen LogP contribution < -0.4 is 10.5 Å². The van der Waals surface area contributed by atoms with E-state index in [1.54, 1.807) is 26.1 Å². The third-order valence-corrected chi connectivity index (χ3v) is 3.77. The van der Waals surface area contributed by atoms with E-state index in [2.05, 4.69) is 5.10 Å². The van der Waals surface area contributed by atoms with Gasteiger partial charge in [-0.15, -0.1) is 0 Å². The van der Waals surface area contributed by atoms with Gasteiger partial charge in [-0.05, 0) is 33.6 Å². The highest BCUT2D eigenvalue weighted by atomic mass is 16.4. The molecule has 1 heterocycles. The second-order valence-corrected chi connectivity index (χ2v) is 5.94. The van der Waals surface area contributed by atoms with E-state index in [-0.39, 0.29) is 5.56 Å². The summed E-state index contributed by atoms with van der Waals surface area (Å²) in [6, 6.07) is 1.58. The number of carboxylic acid groups (broad SMARTS) is 1. The SMILES string of the molecule is CCN(C)c1cnn(CCCCC(C)(C)C(=O)O)c(=O)c1. The molecular formula is C15H25N3O3. The van der Waals surface area contributed by atoms with Crippen molar-refractivity contribution in [2.45, 2.75) is 46.6 Å². The van der Waals surface area contributed by atoms with Crippen LogP contribution in [0.2, 0.25) is 0 Å². The number of aliphatic carboxylic acids is 1. The first-order valence-electron chi connectivity index (χ1n) is 7.29. The number of aromatic nitrogens is 2. The quantitative estimate of drug-likeness (QED) is 0.742. The van der Waals surface area contributed by atoms with Crippen LogP contribution >= 0.6 is 0 Å². The molecule has 0 saturated carbocycles. The van der Waals surface area contributed by atoms with Crippen LogP contribution in [0.3, 0.4) is 0 Å². The standard InChI is InChI=1S/C15H25N3O3/c1-5-17(4)12-10-13(19)18(16-11-12)9-7-6-8-15(2,3)14(20)21/h10-11H,5-9H2,1-4H3,(H,20,21). The van der Waals surface area contributed by atoms with Crippen molar-refractivity contribution in [2.75, 3.05) is 18.5 Å². The Morgan fingerprint density at radius 1 is 1.43 bits per heavy atom. The first kappa shape index (κ1) is 17.2. The zero-order valence-electron chi connectivity index (χ0n) is 13.3. The average Bonchev–Trinajstić information content (AvgIpc) is 2.43. The highest BCUT2D eigenvalue weighted by molar-refractivity contribution is 5.73. The molecule has 0 spiro atoms. The van der Waals surface area contributed by atoms with Gasteiger partial charge in [0, 0.05) is 26.2 Å². The van der Waals surface area contributed by atoms with Crippen molar-refractivity contribution in [1.82, 2.24) is 9.78 Å². The van der Waals surface area contributed by atoms with Crippen LogP contribution in [0.15, 0.2) is 17.1 Å². The van der Waals surface area contributed by atoms with Crippen molar-refractivity contribution in [3.8, 4) is 0 Å². The molecule has 1 N–H and O–H groups in total. The first-order chi connectivity index (χ1) is 9.77.